The van der Waals surface area contributed by atoms with Gasteiger partial charge in [-0.25, -0.2) is 0 Å². The average molecular weight is 625 g/mol. The second-order valence-electron chi connectivity index (χ2n) is 15.4. The van der Waals surface area contributed by atoms with E-state index in [1.807, 2.05) is 41.5 Å². The Labute approximate surface area is 268 Å². The van der Waals surface area contributed by atoms with E-state index in [0.29, 0.717) is 37.9 Å². The zero-order valence-corrected chi connectivity index (χ0v) is 29.9. The number of rotatable bonds is 14. The fourth-order valence-electron chi connectivity index (χ4n) is 5.63. The molecule has 2 heterocycles. The zero-order valence-electron chi connectivity index (χ0n) is 29.9. The van der Waals surface area contributed by atoms with E-state index in [0.717, 1.165) is 38.3 Å². The molecular weight excluding hydrogens is 560 g/mol. The molecule has 0 N–H and O–H groups in total. The summed E-state index contributed by atoms with van der Waals surface area (Å²) in [5.41, 5.74) is -0.986. The molecule has 2 saturated heterocycles. The maximum absolute atomic E-state index is 11.8. The third-order valence-corrected chi connectivity index (χ3v) is 9.42. The van der Waals surface area contributed by atoms with Crippen LogP contribution in [0.25, 0.3) is 0 Å². The summed E-state index contributed by atoms with van der Waals surface area (Å²) in [6, 6.07) is 0. The summed E-state index contributed by atoms with van der Waals surface area (Å²) in [5.74, 6) is 1.04. The molecule has 0 aromatic heterocycles. The molecule has 8 nitrogen and oxygen atoms in total. The highest BCUT2D eigenvalue weighted by molar-refractivity contribution is 5.75. The summed E-state index contributed by atoms with van der Waals surface area (Å²) < 4.78 is 22.8. The average Bonchev–Trinajstić information content (AvgIpc) is 3.41. The van der Waals surface area contributed by atoms with Gasteiger partial charge < -0.3 is 28.5 Å². The van der Waals surface area contributed by atoms with E-state index in [9.17, 15) is 19.2 Å². The van der Waals surface area contributed by atoms with Gasteiger partial charge in [-0.3, -0.25) is 9.59 Å². The molecule has 2 rings (SSSR count). The molecule has 0 aromatic rings. The lowest BCUT2D eigenvalue weighted by atomic mass is 9.85. The van der Waals surface area contributed by atoms with Crippen LogP contribution in [0.1, 0.15) is 122 Å². The van der Waals surface area contributed by atoms with Crippen molar-refractivity contribution in [1.29, 1.82) is 0 Å². The van der Waals surface area contributed by atoms with E-state index in [1.54, 1.807) is 0 Å². The lowest BCUT2D eigenvalue weighted by Gasteiger charge is -2.19. The maximum atomic E-state index is 11.8. The summed E-state index contributed by atoms with van der Waals surface area (Å²) in [5, 5.41) is 0. The summed E-state index contributed by atoms with van der Waals surface area (Å²) in [7, 11) is 0. The fraction of sp³-hybridized carbons (Fsp3) is 0.889. The lowest BCUT2D eigenvalue weighted by molar-refractivity contribution is -0.154. The molecule has 8 heteroatoms. The van der Waals surface area contributed by atoms with E-state index in [1.165, 1.54) is 0 Å². The monoisotopic (exact) mass is 624 g/mol. The zero-order chi connectivity index (χ0) is 33.8. The van der Waals surface area contributed by atoms with Gasteiger partial charge in [0.2, 0.25) is 0 Å². The minimum atomic E-state index is -0.493. The smallest absolute Gasteiger partial charge is 0.311 e. The maximum Gasteiger partial charge on any atom is 0.311 e. The van der Waals surface area contributed by atoms with Gasteiger partial charge in [0.25, 0.3) is 0 Å². The second-order valence-corrected chi connectivity index (χ2v) is 15.4. The molecule has 1 unspecified atom stereocenters. The summed E-state index contributed by atoms with van der Waals surface area (Å²) in [6.07, 6.45) is 7.42. The highest BCUT2D eigenvalue weighted by Gasteiger charge is 2.43. The van der Waals surface area contributed by atoms with Gasteiger partial charge in [-0.2, -0.15) is 0 Å². The third-order valence-electron chi connectivity index (χ3n) is 9.42. The Hall–Kier alpha value is -1.80. The van der Waals surface area contributed by atoms with Crippen molar-refractivity contribution in [2.45, 2.75) is 146 Å². The first-order valence-electron chi connectivity index (χ1n) is 17.0. The van der Waals surface area contributed by atoms with Crippen LogP contribution >= 0.6 is 0 Å². The number of aldehydes is 2. The van der Waals surface area contributed by atoms with E-state index in [4.69, 9.17) is 18.9 Å². The summed E-state index contributed by atoms with van der Waals surface area (Å²) in [6.45, 7) is 24.6. The molecule has 10 atom stereocenters. The van der Waals surface area contributed by atoms with Gasteiger partial charge in [-0.15, -0.1) is 0 Å². The fourth-order valence-corrected chi connectivity index (χ4v) is 5.63. The van der Waals surface area contributed by atoms with Crippen LogP contribution in [0.3, 0.4) is 0 Å². The van der Waals surface area contributed by atoms with Crippen LogP contribution in [0.4, 0.5) is 0 Å². The number of carbonyl (C=O) groups excluding carboxylic acids is 4. The molecule has 0 saturated carbocycles. The van der Waals surface area contributed by atoms with Crippen LogP contribution in [0.15, 0.2) is 0 Å². The van der Waals surface area contributed by atoms with Crippen LogP contribution in [0.5, 0.6) is 0 Å². The SMILES string of the molecule is CC[C@@H](C)C[C@H]1O[C@@H](CCOC(=O)C(C)(C)C)C(C=O)[C@H]1C.CC[C@@H](C)C[C@H]1O[C@@H](CCOC(=O)C(C)(C)C)[C@H](C=O)[C@H]1C. The van der Waals surface area contributed by atoms with Gasteiger partial charge in [0, 0.05) is 24.7 Å². The highest BCUT2D eigenvalue weighted by atomic mass is 16.5. The molecule has 0 amide bonds. The van der Waals surface area contributed by atoms with E-state index in [2.05, 4.69) is 41.5 Å². The van der Waals surface area contributed by atoms with Crippen molar-refractivity contribution in [1.82, 2.24) is 0 Å². The van der Waals surface area contributed by atoms with Crippen molar-refractivity contribution in [2.75, 3.05) is 13.2 Å². The van der Waals surface area contributed by atoms with Crippen molar-refractivity contribution in [3.63, 3.8) is 0 Å². The Morgan fingerprint density at radius 3 is 1.23 bits per heavy atom. The number of esters is 2. The number of ether oxygens (including phenoxy) is 4. The van der Waals surface area contributed by atoms with Crippen LogP contribution in [-0.4, -0.2) is 62.1 Å². The molecular formula is C36H64O8. The predicted molar refractivity (Wildman–Crippen MR) is 173 cm³/mol. The minimum Gasteiger partial charge on any atom is -0.465 e. The first-order chi connectivity index (χ1) is 20.4. The molecule has 256 valence electrons. The van der Waals surface area contributed by atoms with Crippen LogP contribution in [0, 0.1) is 46.3 Å². The largest absolute Gasteiger partial charge is 0.465 e. The molecule has 0 bridgehead atoms. The molecule has 44 heavy (non-hydrogen) atoms. The van der Waals surface area contributed by atoms with Gasteiger partial charge in [-0.1, -0.05) is 54.4 Å². The Balaban J connectivity index is 0.000000440. The van der Waals surface area contributed by atoms with E-state index >= 15 is 0 Å². The Kier molecular flexibility index (Phi) is 16.8. The van der Waals surface area contributed by atoms with Gasteiger partial charge in [0.15, 0.2) is 0 Å². The highest BCUT2D eigenvalue weighted by Crippen LogP contribution is 2.37. The third kappa shape index (κ3) is 12.5. The standard InChI is InChI=1S/2C18H32O4/c2*1-7-12(2)10-16-13(3)14(11-19)15(22-16)8-9-21-17(20)18(4,5)6/h2*11-16H,7-10H2,1-6H3/t12-,13-,14?,15+,16-;12-,13-,14-,15+,16-/m11/s1. The van der Waals surface area contributed by atoms with Crippen LogP contribution in [-0.2, 0) is 38.1 Å². The summed E-state index contributed by atoms with van der Waals surface area (Å²) in [4.78, 5) is 46.3. The normalized spacial score (nSPS) is 30.1. The lowest BCUT2D eigenvalue weighted by Crippen LogP contribution is -2.26. The quantitative estimate of drug-likeness (QED) is 0.147. The molecule has 0 spiro atoms. The van der Waals surface area contributed by atoms with Crippen molar-refractivity contribution < 1.29 is 38.1 Å². The second kappa shape index (κ2) is 18.4. The molecule has 0 aromatic carbocycles. The topological polar surface area (TPSA) is 105 Å². The van der Waals surface area contributed by atoms with E-state index < -0.39 is 10.8 Å². The van der Waals surface area contributed by atoms with Gasteiger partial charge in [0.05, 0.1) is 48.5 Å². The number of hydrogen-bond donors (Lipinski definition) is 0. The van der Waals surface area contributed by atoms with Crippen molar-refractivity contribution in [2.24, 2.45) is 46.3 Å². The number of hydrogen-bond acceptors (Lipinski definition) is 8. The first-order valence-corrected chi connectivity index (χ1v) is 17.0. The Bertz CT molecular complexity index is 816. The molecule has 2 fully saturated rings. The Morgan fingerprint density at radius 1 is 0.659 bits per heavy atom. The first kappa shape index (κ1) is 40.2. The molecule has 0 aliphatic carbocycles. The molecule has 0 radical (unpaired) electrons. The van der Waals surface area contributed by atoms with Gasteiger partial charge in [0.1, 0.15) is 12.6 Å². The van der Waals surface area contributed by atoms with Crippen molar-refractivity contribution >= 4 is 24.5 Å². The predicted octanol–water partition coefficient (Wildman–Crippen LogP) is 7.24. The number of carbonyl (C=O) groups is 4. The molecule has 2 aliphatic rings. The summed E-state index contributed by atoms with van der Waals surface area (Å²) >= 11 is 0. The van der Waals surface area contributed by atoms with Crippen molar-refractivity contribution in [3.8, 4) is 0 Å². The van der Waals surface area contributed by atoms with Crippen LogP contribution in [0.2, 0.25) is 0 Å². The van der Waals surface area contributed by atoms with Gasteiger partial charge >= 0.3 is 11.9 Å². The molecule has 2 aliphatic heterocycles. The minimum absolute atomic E-state index is 0.0950. The van der Waals surface area contributed by atoms with Gasteiger partial charge in [-0.05, 0) is 78.1 Å². The van der Waals surface area contributed by atoms with Crippen LogP contribution < -0.4 is 0 Å². The Morgan fingerprint density at radius 2 is 0.977 bits per heavy atom. The van der Waals surface area contributed by atoms with E-state index in [-0.39, 0.29) is 60.0 Å². The van der Waals surface area contributed by atoms with Crippen molar-refractivity contribution in [3.05, 3.63) is 0 Å².